The van der Waals surface area contributed by atoms with E-state index in [2.05, 4.69) is 22.5 Å². The fraction of sp³-hybridized carbons (Fsp3) is 0.500. The third-order valence-corrected chi connectivity index (χ3v) is 2.88. The molecule has 5 nitrogen and oxygen atoms in total. The van der Waals surface area contributed by atoms with Crippen LogP contribution in [0.5, 0.6) is 5.75 Å². The summed E-state index contributed by atoms with van der Waals surface area (Å²) < 4.78 is 5.14. The molecule has 2 amide bonds. The van der Waals surface area contributed by atoms with E-state index in [0.717, 1.165) is 12.1 Å². The monoisotopic (exact) mass is 235 g/mol. The number of aryl methyl sites for hydroxylation is 1. The number of ether oxygens (including phenoxy) is 1. The fourth-order valence-electron chi connectivity index (χ4n) is 1.63. The summed E-state index contributed by atoms with van der Waals surface area (Å²) in [6, 6.07) is 3.70. The van der Waals surface area contributed by atoms with Gasteiger partial charge in [-0.25, -0.2) is 9.78 Å². The van der Waals surface area contributed by atoms with E-state index in [-0.39, 0.29) is 6.03 Å². The zero-order valence-electron chi connectivity index (χ0n) is 10.3. The van der Waals surface area contributed by atoms with Gasteiger partial charge in [0.15, 0.2) is 11.6 Å². The van der Waals surface area contributed by atoms with Crippen molar-refractivity contribution in [2.24, 2.45) is 5.92 Å². The van der Waals surface area contributed by atoms with E-state index in [1.165, 1.54) is 0 Å². The fourth-order valence-corrected chi connectivity index (χ4v) is 1.63. The highest BCUT2D eigenvalue weighted by molar-refractivity contribution is 5.90. The number of methoxy groups -OCH3 is 1. The molecule has 1 aromatic heterocycles. The lowest BCUT2D eigenvalue weighted by molar-refractivity contribution is 0.251. The number of rotatable bonds is 3. The van der Waals surface area contributed by atoms with Crippen molar-refractivity contribution in [1.82, 2.24) is 10.3 Å². The third kappa shape index (κ3) is 2.87. The van der Waals surface area contributed by atoms with Crippen LogP contribution in [0, 0.1) is 12.8 Å². The van der Waals surface area contributed by atoms with Crippen molar-refractivity contribution in [3.8, 4) is 5.75 Å². The van der Waals surface area contributed by atoms with Gasteiger partial charge in [0.2, 0.25) is 0 Å². The standard InChI is InChI=1S/C12H17N3O2/c1-7-6-9(7)14-12(16)15-11-10(17-3)5-4-8(2)13-11/h4-5,7,9H,6H2,1-3H3,(H2,13,14,15,16). The summed E-state index contributed by atoms with van der Waals surface area (Å²) in [5.74, 6) is 1.60. The molecule has 2 atom stereocenters. The Balaban J connectivity index is 2.01. The van der Waals surface area contributed by atoms with Crippen LogP contribution in [0.2, 0.25) is 0 Å². The van der Waals surface area contributed by atoms with E-state index in [4.69, 9.17) is 4.74 Å². The highest BCUT2D eigenvalue weighted by Crippen LogP contribution is 2.29. The van der Waals surface area contributed by atoms with Gasteiger partial charge in [0, 0.05) is 11.7 Å². The summed E-state index contributed by atoms with van der Waals surface area (Å²) in [4.78, 5) is 15.9. The van der Waals surface area contributed by atoms with Crippen molar-refractivity contribution in [2.75, 3.05) is 12.4 Å². The average molecular weight is 235 g/mol. The Bertz CT molecular complexity index is 434. The maximum atomic E-state index is 11.7. The van der Waals surface area contributed by atoms with Gasteiger partial charge < -0.3 is 10.1 Å². The molecular formula is C12H17N3O2. The SMILES string of the molecule is COc1ccc(C)nc1NC(=O)NC1CC1C. The minimum absolute atomic E-state index is 0.226. The van der Waals surface area contributed by atoms with Gasteiger partial charge >= 0.3 is 6.03 Å². The van der Waals surface area contributed by atoms with Gasteiger partial charge in [0.25, 0.3) is 0 Å². The minimum atomic E-state index is -0.226. The summed E-state index contributed by atoms with van der Waals surface area (Å²) in [7, 11) is 1.55. The van der Waals surface area contributed by atoms with Crippen molar-refractivity contribution < 1.29 is 9.53 Å². The molecule has 0 bridgehead atoms. The molecule has 1 fully saturated rings. The number of anilines is 1. The summed E-state index contributed by atoms with van der Waals surface area (Å²) in [6.07, 6.45) is 1.05. The molecule has 0 spiro atoms. The maximum absolute atomic E-state index is 11.7. The van der Waals surface area contributed by atoms with Crippen LogP contribution in [0.3, 0.4) is 0 Å². The number of hydrogen-bond donors (Lipinski definition) is 2. The van der Waals surface area contributed by atoms with Gasteiger partial charge in [-0.05, 0) is 31.4 Å². The molecule has 0 aliphatic heterocycles. The number of pyridine rings is 1. The lowest BCUT2D eigenvalue weighted by atomic mass is 10.3. The van der Waals surface area contributed by atoms with Gasteiger partial charge in [-0.2, -0.15) is 0 Å². The van der Waals surface area contributed by atoms with E-state index >= 15 is 0 Å². The zero-order valence-corrected chi connectivity index (χ0v) is 10.3. The second-order valence-electron chi connectivity index (χ2n) is 4.42. The zero-order chi connectivity index (χ0) is 12.4. The molecule has 5 heteroatoms. The van der Waals surface area contributed by atoms with Crippen LogP contribution in [0.4, 0.5) is 10.6 Å². The molecule has 0 saturated heterocycles. The number of aromatic nitrogens is 1. The van der Waals surface area contributed by atoms with Crippen molar-refractivity contribution in [1.29, 1.82) is 0 Å². The second kappa shape index (κ2) is 4.61. The molecule has 2 N–H and O–H groups in total. The van der Waals surface area contributed by atoms with E-state index in [1.54, 1.807) is 13.2 Å². The molecule has 0 radical (unpaired) electrons. The quantitative estimate of drug-likeness (QED) is 0.841. The number of nitrogens with zero attached hydrogens (tertiary/aromatic N) is 1. The first-order valence-corrected chi connectivity index (χ1v) is 5.69. The van der Waals surface area contributed by atoms with E-state index in [1.807, 2.05) is 13.0 Å². The number of nitrogens with one attached hydrogen (secondary N) is 2. The van der Waals surface area contributed by atoms with Crippen LogP contribution < -0.4 is 15.4 Å². The molecule has 1 heterocycles. The normalized spacial score (nSPS) is 21.8. The molecule has 2 rings (SSSR count). The minimum Gasteiger partial charge on any atom is -0.493 e. The Labute approximate surface area is 101 Å². The Morgan fingerprint density at radius 3 is 2.82 bits per heavy atom. The number of carbonyl (C=O) groups excluding carboxylic acids is 1. The van der Waals surface area contributed by atoms with Crippen LogP contribution >= 0.6 is 0 Å². The number of amides is 2. The Morgan fingerprint density at radius 2 is 2.24 bits per heavy atom. The predicted molar refractivity (Wildman–Crippen MR) is 65.2 cm³/mol. The van der Waals surface area contributed by atoms with Crippen LogP contribution in [0.1, 0.15) is 19.0 Å². The molecule has 1 aliphatic carbocycles. The molecule has 1 aliphatic rings. The van der Waals surface area contributed by atoms with Crippen LogP contribution in [-0.2, 0) is 0 Å². The first-order valence-electron chi connectivity index (χ1n) is 5.69. The molecule has 92 valence electrons. The molecular weight excluding hydrogens is 218 g/mol. The second-order valence-corrected chi connectivity index (χ2v) is 4.42. The summed E-state index contributed by atoms with van der Waals surface area (Å²) in [5, 5.41) is 5.59. The van der Waals surface area contributed by atoms with Crippen molar-refractivity contribution in [3.05, 3.63) is 17.8 Å². The summed E-state index contributed by atoms with van der Waals surface area (Å²) in [5.41, 5.74) is 0.834. The highest BCUT2D eigenvalue weighted by atomic mass is 16.5. The number of carbonyl (C=O) groups is 1. The first kappa shape index (κ1) is 11.7. The van der Waals surface area contributed by atoms with Gasteiger partial charge in [-0.3, -0.25) is 5.32 Å². The van der Waals surface area contributed by atoms with E-state index < -0.39 is 0 Å². The topological polar surface area (TPSA) is 63.2 Å². The first-order chi connectivity index (χ1) is 8.10. The number of hydrogen-bond acceptors (Lipinski definition) is 3. The van der Waals surface area contributed by atoms with Gasteiger partial charge in [-0.15, -0.1) is 0 Å². The smallest absolute Gasteiger partial charge is 0.320 e. The van der Waals surface area contributed by atoms with Crippen molar-refractivity contribution >= 4 is 11.8 Å². The molecule has 1 saturated carbocycles. The van der Waals surface area contributed by atoms with Crippen LogP contribution in [0.25, 0.3) is 0 Å². The Hall–Kier alpha value is -1.78. The predicted octanol–water partition coefficient (Wildman–Crippen LogP) is 1.93. The third-order valence-electron chi connectivity index (χ3n) is 2.88. The average Bonchev–Trinajstić information content (AvgIpc) is 2.94. The highest BCUT2D eigenvalue weighted by Gasteiger charge is 2.33. The molecule has 1 aromatic rings. The Kier molecular flexibility index (Phi) is 3.17. The van der Waals surface area contributed by atoms with Crippen molar-refractivity contribution in [2.45, 2.75) is 26.3 Å². The molecule has 2 unspecified atom stereocenters. The number of urea groups is 1. The van der Waals surface area contributed by atoms with E-state index in [0.29, 0.717) is 23.5 Å². The van der Waals surface area contributed by atoms with E-state index in [9.17, 15) is 4.79 Å². The van der Waals surface area contributed by atoms with Crippen molar-refractivity contribution in [3.63, 3.8) is 0 Å². The van der Waals surface area contributed by atoms with Gasteiger partial charge in [0.05, 0.1) is 7.11 Å². The molecule has 17 heavy (non-hydrogen) atoms. The van der Waals surface area contributed by atoms with Crippen LogP contribution in [0.15, 0.2) is 12.1 Å². The Morgan fingerprint density at radius 1 is 1.53 bits per heavy atom. The molecule has 0 aromatic carbocycles. The summed E-state index contributed by atoms with van der Waals surface area (Å²) >= 11 is 0. The lowest BCUT2D eigenvalue weighted by Crippen LogP contribution is -2.31. The van der Waals surface area contributed by atoms with Gasteiger partial charge in [0.1, 0.15) is 0 Å². The maximum Gasteiger partial charge on any atom is 0.320 e. The largest absolute Gasteiger partial charge is 0.493 e. The van der Waals surface area contributed by atoms with Crippen LogP contribution in [-0.4, -0.2) is 24.2 Å². The van der Waals surface area contributed by atoms with Gasteiger partial charge in [-0.1, -0.05) is 6.92 Å². The lowest BCUT2D eigenvalue weighted by Gasteiger charge is -2.10. The summed E-state index contributed by atoms with van der Waals surface area (Å²) in [6.45, 7) is 3.97.